The lowest BCUT2D eigenvalue weighted by Gasteiger charge is -2.18. The molecular formula is C19H18O6. The zero-order chi connectivity index (χ0) is 18.1. The SMILES string of the molecule is COc1c(C(=O)O)cc(-c2ccc3c(c2)CCC3=O)c(OC)c1OC. The molecule has 0 spiro atoms. The molecule has 130 valence electrons. The van der Waals surface area contributed by atoms with E-state index < -0.39 is 5.97 Å². The number of hydrogen-bond donors (Lipinski definition) is 1. The van der Waals surface area contributed by atoms with Crippen LogP contribution in [0.3, 0.4) is 0 Å². The molecule has 0 saturated heterocycles. The number of carbonyl (C=O) groups excluding carboxylic acids is 1. The van der Waals surface area contributed by atoms with Gasteiger partial charge in [0.15, 0.2) is 17.3 Å². The number of ether oxygens (including phenoxy) is 3. The monoisotopic (exact) mass is 342 g/mol. The molecule has 0 amide bonds. The maximum Gasteiger partial charge on any atom is 0.339 e. The first kappa shape index (κ1) is 16.8. The Kier molecular flexibility index (Phi) is 4.35. The Labute approximate surface area is 144 Å². The van der Waals surface area contributed by atoms with Gasteiger partial charge < -0.3 is 19.3 Å². The van der Waals surface area contributed by atoms with Crippen LogP contribution >= 0.6 is 0 Å². The Morgan fingerprint density at radius 2 is 1.60 bits per heavy atom. The van der Waals surface area contributed by atoms with Gasteiger partial charge in [-0.15, -0.1) is 0 Å². The van der Waals surface area contributed by atoms with Crippen LogP contribution in [0, 0.1) is 0 Å². The summed E-state index contributed by atoms with van der Waals surface area (Å²) in [6, 6.07) is 6.96. The van der Waals surface area contributed by atoms with E-state index in [1.807, 2.05) is 6.07 Å². The van der Waals surface area contributed by atoms with Gasteiger partial charge in [0.05, 0.1) is 21.3 Å². The number of fused-ring (bicyclic) bond motifs is 1. The molecule has 1 N–H and O–H groups in total. The van der Waals surface area contributed by atoms with Crippen molar-refractivity contribution in [3.63, 3.8) is 0 Å². The highest BCUT2D eigenvalue weighted by atomic mass is 16.5. The number of methoxy groups -OCH3 is 3. The summed E-state index contributed by atoms with van der Waals surface area (Å²) < 4.78 is 16.0. The second-order valence-corrected chi connectivity index (χ2v) is 5.67. The molecule has 0 heterocycles. The minimum Gasteiger partial charge on any atom is -0.492 e. The number of carboxylic acid groups (broad SMARTS) is 1. The van der Waals surface area contributed by atoms with Crippen molar-refractivity contribution in [3.8, 4) is 28.4 Å². The van der Waals surface area contributed by atoms with Crippen LogP contribution in [0.5, 0.6) is 17.2 Å². The molecule has 0 aliphatic heterocycles. The molecule has 2 aromatic carbocycles. The molecule has 0 bridgehead atoms. The second kappa shape index (κ2) is 6.47. The van der Waals surface area contributed by atoms with Gasteiger partial charge in [-0.2, -0.15) is 0 Å². The zero-order valence-corrected chi connectivity index (χ0v) is 14.2. The van der Waals surface area contributed by atoms with Gasteiger partial charge >= 0.3 is 5.97 Å². The molecule has 0 fully saturated rings. The van der Waals surface area contributed by atoms with Gasteiger partial charge in [0.2, 0.25) is 5.75 Å². The van der Waals surface area contributed by atoms with Crippen LogP contribution in [0.1, 0.15) is 32.7 Å². The Morgan fingerprint density at radius 3 is 2.20 bits per heavy atom. The van der Waals surface area contributed by atoms with Crippen molar-refractivity contribution in [2.24, 2.45) is 0 Å². The summed E-state index contributed by atoms with van der Waals surface area (Å²) in [7, 11) is 4.29. The Balaban J connectivity index is 2.27. The Hall–Kier alpha value is -3.02. The summed E-state index contributed by atoms with van der Waals surface area (Å²) in [6.07, 6.45) is 1.19. The number of benzene rings is 2. The minimum atomic E-state index is -1.13. The van der Waals surface area contributed by atoms with Gasteiger partial charge in [-0.1, -0.05) is 18.2 Å². The third-order valence-corrected chi connectivity index (χ3v) is 4.37. The van der Waals surface area contributed by atoms with Crippen LogP contribution in [0.15, 0.2) is 24.3 Å². The molecule has 1 aliphatic rings. The molecule has 6 nitrogen and oxygen atoms in total. The maximum absolute atomic E-state index is 11.8. The molecule has 0 aromatic heterocycles. The van der Waals surface area contributed by atoms with Gasteiger partial charge in [0.1, 0.15) is 5.56 Å². The number of hydrogen-bond acceptors (Lipinski definition) is 5. The molecular weight excluding hydrogens is 324 g/mol. The molecule has 0 radical (unpaired) electrons. The predicted molar refractivity (Wildman–Crippen MR) is 91.1 cm³/mol. The van der Waals surface area contributed by atoms with Crippen molar-refractivity contribution in [3.05, 3.63) is 41.0 Å². The Bertz CT molecular complexity index is 869. The van der Waals surface area contributed by atoms with E-state index in [0.717, 1.165) is 16.7 Å². The molecule has 3 rings (SSSR count). The molecule has 0 unspecified atom stereocenters. The number of aromatic carboxylic acids is 1. The van der Waals surface area contributed by atoms with Crippen LogP contribution in [-0.4, -0.2) is 38.2 Å². The average Bonchev–Trinajstić information content (AvgIpc) is 2.99. The fourth-order valence-electron chi connectivity index (χ4n) is 3.21. The fourth-order valence-corrected chi connectivity index (χ4v) is 3.21. The van der Waals surface area contributed by atoms with Crippen molar-refractivity contribution in [1.82, 2.24) is 0 Å². The minimum absolute atomic E-state index is 0.0216. The lowest BCUT2D eigenvalue weighted by atomic mass is 9.97. The fraction of sp³-hybridized carbons (Fsp3) is 0.263. The van der Waals surface area contributed by atoms with Crippen molar-refractivity contribution in [2.75, 3.05) is 21.3 Å². The molecule has 2 aromatic rings. The van der Waals surface area contributed by atoms with E-state index >= 15 is 0 Å². The summed E-state index contributed by atoms with van der Waals surface area (Å²) in [6.45, 7) is 0. The Morgan fingerprint density at radius 1 is 0.920 bits per heavy atom. The standard InChI is InChI=1S/C19H18O6/c1-23-16-13(9-14(19(21)22)17(24-2)18(16)25-3)11-4-6-12-10(8-11)5-7-15(12)20/h4,6,8-9H,5,7H2,1-3H3,(H,21,22). The number of carboxylic acids is 1. The van der Waals surface area contributed by atoms with Crippen LogP contribution in [0.2, 0.25) is 0 Å². The van der Waals surface area contributed by atoms with E-state index in [1.165, 1.54) is 27.4 Å². The summed E-state index contributed by atoms with van der Waals surface area (Å²) >= 11 is 0. The average molecular weight is 342 g/mol. The molecule has 0 atom stereocenters. The van der Waals surface area contributed by atoms with E-state index in [2.05, 4.69) is 0 Å². The van der Waals surface area contributed by atoms with E-state index in [1.54, 1.807) is 12.1 Å². The summed E-state index contributed by atoms with van der Waals surface area (Å²) in [5, 5.41) is 9.52. The van der Waals surface area contributed by atoms with Gasteiger partial charge in [0.25, 0.3) is 0 Å². The van der Waals surface area contributed by atoms with Crippen LogP contribution < -0.4 is 14.2 Å². The van der Waals surface area contributed by atoms with E-state index in [0.29, 0.717) is 24.2 Å². The number of rotatable bonds is 5. The molecule has 25 heavy (non-hydrogen) atoms. The third-order valence-electron chi connectivity index (χ3n) is 4.37. The summed E-state index contributed by atoms with van der Waals surface area (Å²) in [4.78, 5) is 23.5. The van der Waals surface area contributed by atoms with Gasteiger partial charge in [-0.3, -0.25) is 4.79 Å². The van der Waals surface area contributed by atoms with E-state index in [9.17, 15) is 14.7 Å². The lowest BCUT2D eigenvalue weighted by molar-refractivity contribution is 0.0692. The highest BCUT2D eigenvalue weighted by Crippen LogP contribution is 2.47. The maximum atomic E-state index is 11.8. The summed E-state index contributed by atoms with van der Waals surface area (Å²) in [5.74, 6) is -0.292. The van der Waals surface area contributed by atoms with Crippen LogP contribution in [-0.2, 0) is 6.42 Å². The second-order valence-electron chi connectivity index (χ2n) is 5.67. The molecule has 1 aliphatic carbocycles. The van der Waals surface area contributed by atoms with Gasteiger partial charge in [0, 0.05) is 17.5 Å². The molecule has 0 saturated carbocycles. The highest BCUT2D eigenvalue weighted by Gasteiger charge is 2.26. The smallest absolute Gasteiger partial charge is 0.339 e. The predicted octanol–water partition coefficient (Wildman–Crippen LogP) is 3.21. The first-order chi connectivity index (χ1) is 12.0. The quantitative estimate of drug-likeness (QED) is 0.898. The van der Waals surface area contributed by atoms with Crippen molar-refractivity contribution in [2.45, 2.75) is 12.8 Å². The van der Waals surface area contributed by atoms with E-state index in [4.69, 9.17) is 14.2 Å². The first-order valence-electron chi connectivity index (χ1n) is 7.74. The van der Waals surface area contributed by atoms with E-state index in [-0.39, 0.29) is 22.8 Å². The van der Waals surface area contributed by atoms with Crippen LogP contribution in [0.4, 0.5) is 0 Å². The van der Waals surface area contributed by atoms with Crippen molar-refractivity contribution < 1.29 is 28.9 Å². The van der Waals surface area contributed by atoms with Crippen LogP contribution in [0.25, 0.3) is 11.1 Å². The van der Waals surface area contributed by atoms with Crippen molar-refractivity contribution >= 4 is 11.8 Å². The number of Topliss-reactive ketones (excluding diaryl/α,β-unsaturated/α-hetero) is 1. The van der Waals surface area contributed by atoms with Gasteiger partial charge in [-0.05, 0) is 23.6 Å². The first-order valence-corrected chi connectivity index (χ1v) is 7.74. The summed E-state index contributed by atoms with van der Waals surface area (Å²) in [5.41, 5.74) is 2.98. The highest BCUT2D eigenvalue weighted by molar-refractivity contribution is 6.01. The van der Waals surface area contributed by atoms with Crippen molar-refractivity contribution in [1.29, 1.82) is 0 Å². The lowest BCUT2D eigenvalue weighted by Crippen LogP contribution is -2.05. The van der Waals surface area contributed by atoms with Gasteiger partial charge in [-0.25, -0.2) is 4.79 Å². The normalized spacial score (nSPS) is 12.7. The largest absolute Gasteiger partial charge is 0.492 e. The number of carbonyl (C=O) groups is 2. The topological polar surface area (TPSA) is 82.1 Å². The zero-order valence-electron chi connectivity index (χ0n) is 14.2. The third kappa shape index (κ3) is 2.69. The number of aryl methyl sites for hydroxylation is 1. The number of ketones is 1. The molecule has 6 heteroatoms.